The van der Waals surface area contributed by atoms with Crippen molar-refractivity contribution in [3.05, 3.63) is 11.8 Å². The molecule has 20 heavy (non-hydrogen) atoms. The van der Waals surface area contributed by atoms with Crippen molar-refractivity contribution in [1.82, 2.24) is 15.3 Å². The van der Waals surface area contributed by atoms with Gasteiger partial charge in [0.1, 0.15) is 11.9 Å². The van der Waals surface area contributed by atoms with E-state index in [-0.39, 0.29) is 11.9 Å². The first-order valence-corrected chi connectivity index (χ1v) is 6.60. The number of hydrogen-bond acceptors (Lipinski definition) is 7. The van der Waals surface area contributed by atoms with Crippen molar-refractivity contribution >= 4 is 17.7 Å². The summed E-state index contributed by atoms with van der Waals surface area (Å²) in [4.78, 5) is 22.5. The van der Waals surface area contributed by atoms with Crippen molar-refractivity contribution in [3.8, 4) is 0 Å². The Morgan fingerprint density at radius 1 is 1.60 bits per heavy atom. The van der Waals surface area contributed by atoms with Crippen LogP contribution in [0.1, 0.15) is 12.6 Å². The van der Waals surface area contributed by atoms with E-state index in [0.717, 1.165) is 5.69 Å². The summed E-state index contributed by atoms with van der Waals surface area (Å²) in [5.41, 5.74) is 3.22. The van der Waals surface area contributed by atoms with E-state index in [2.05, 4.69) is 20.7 Å². The Hall–Kier alpha value is -1.93. The molecule has 2 heterocycles. The van der Waals surface area contributed by atoms with Gasteiger partial charge >= 0.3 is 0 Å². The molecular formula is C12H20N6O2. The Labute approximate surface area is 117 Å². The van der Waals surface area contributed by atoms with Crippen LogP contribution >= 0.6 is 0 Å². The van der Waals surface area contributed by atoms with Gasteiger partial charge in [-0.1, -0.05) is 0 Å². The van der Waals surface area contributed by atoms with Crippen LogP contribution in [-0.2, 0) is 9.53 Å². The van der Waals surface area contributed by atoms with Crippen molar-refractivity contribution in [2.24, 2.45) is 5.84 Å². The number of nitrogen functional groups attached to an aromatic ring is 1. The zero-order chi connectivity index (χ0) is 14.5. The number of morpholine rings is 1. The van der Waals surface area contributed by atoms with Gasteiger partial charge in [-0.05, 0) is 13.8 Å². The van der Waals surface area contributed by atoms with Crippen LogP contribution in [0, 0.1) is 6.92 Å². The fourth-order valence-electron chi connectivity index (χ4n) is 2.15. The monoisotopic (exact) mass is 280 g/mol. The number of nitrogens with one attached hydrogen (secondary N) is 2. The second kappa shape index (κ2) is 6.49. The number of carbonyl (C=O) groups is 1. The first kappa shape index (κ1) is 14.5. The number of nitrogens with zero attached hydrogens (tertiary/aromatic N) is 3. The average molecular weight is 280 g/mol. The molecule has 1 aromatic rings. The van der Waals surface area contributed by atoms with Crippen LogP contribution in [0.15, 0.2) is 6.07 Å². The van der Waals surface area contributed by atoms with Crippen LogP contribution in [0.5, 0.6) is 0 Å². The number of aromatic nitrogens is 2. The number of nitrogens with two attached hydrogens (primary N) is 1. The lowest BCUT2D eigenvalue weighted by molar-refractivity contribution is -0.124. The Kier molecular flexibility index (Phi) is 4.70. The molecule has 110 valence electrons. The summed E-state index contributed by atoms with van der Waals surface area (Å²) in [6.07, 6.45) is 0. The van der Waals surface area contributed by atoms with Gasteiger partial charge in [-0.15, -0.1) is 0 Å². The molecule has 0 aromatic carbocycles. The smallest absolute Gasteiger partial charge is 0.245 e. The summed E-state index contributed by atoms with van der Waals surface area (Å²) in [6.45, 7) is 5.83. The molecule has 1 aliphatic heterocycles. The van der Waals surface area contributed by atoms with E-state index in [9.17, 15) is 4.79 Å². The van der Waals surface area contributed by atoms with E-state index < -0.39 is 0 Å². The normalized spacial score (nSPS) is 18.8. The van der Waals surface area contributed by atoms with Crippen LogP contribution < -0.4 is 21.5 Å². The van der Waals surface area contributed by atoms with Gasteiger partial charge in [0.05, 0.1) is 13.2 Å². The predicted molar refractivity (Wildman–Crippen MR) is 75.2 cm³/mol. The third-order valence-corrected chi connectivity index (χ3v) is 3.05. The molecule has 0 bridgehead atoms. The molecule has 0 aliphatic carbocycles. The summed E-state index contributed by atoms with van der Waals surface area (Å²) >= 11 is 0. The van der Waals surface area contributed by atoms with Gasteiger partial charge in [-0.2, -0.15) is 4.98 Å². The molecule has 1 aromatic heterocycles. The molecule has 1 fully saturated rings. The predicted octanol–water partition coefficient (Wildman–Crippen LogP) is -0.588. The number of carbonyl (C=O) groups excluding carboxylic acids is 1. The van der Waals surface area contributed by atoms with Gasteiger partial charge in [0, 0.05) is 24.8 Å². The van der Waals surface area contributed by atoms with Gasteiger partial charge in [-0.3, -0.25) is 10.2 Å². The lowest BCUT2D eigenvalue weighted by Gasteiger charge is -2.35. The van der Waals surface area contributed by atoms with Gasteiger partial charge in [0.15, 0.2) is 0 Å². The SMILES string of the molecule is CCNC(=O)C1COCCN1c1cc(C)nc(NN)n1. The van der Waals surface area contributed by atoms with Crippen molar-refractivity contribution in [1.29, 1.82) is 0 Å². The number of hydrogen-bond donors (Lipinski definition) is 3. The van der Waals surface area contributed by atoms with Crippen LogP contribution in [0.2, 0.25) is 0 Å². The topological polar surface area (TPSA) is 105 Å². The highest BCUT2D eigenvalue weighted by Crippen LogP contribution is 2.19. The third-order valence-electron chi connectivity index (χ3n) is 3.05. The second-order valence-electron chi connectivity index (χ2n) is 4.51. The summed E-state index contributed by atoms with van der Waals surface area (Å²) in [5, 5.41) is 2.81. The van der Waals surface area contributed by atoms with E-state index in [1.807, 2.05) is 24.8 Å². The average Bonchev–Trinajstić information content (AvgIpc) is 2.46. The quantitative estimate of drug-likeness (QED) is 0.500. The number of anilines is 2. The molecule has 4 N–H and O–H groups in total. The van der Waals surface area contributed by atoms with Crippen molar-refractivity contribution in [2.75, 3.05) is 36.6 Å². The zero-order valence-corrected chi connectivity index (χ0v) is 11.7. The molecule has 1 saturated heterocycles. The molecular weight excluding hydrogens is 260 g/mol. The molecule has 1 aliphatic rings. The fraction of sp³-hybridized carbons (Fsp3) is 0.583. The number of amides is 1. The largest absolute Gasteiger partial charge is 0.377 e. The Morgan fingerprint density at radius 2 is 2.40 bits per heavy atom. The summed E-state index contributed by atoms with van der Waals surface area (Å²) < 4.78 is 5.40. The molecule has 1 unspecified atom stereocenters. The van der Waals surface area contributed by atoms with Gasteiger partial charge in [0.2, 0.25) is 11.9 Å². The maximum absolute atomic E-state index is 12.1. The first-order valence-electron chi connectivity index (χ1n) is 6.60. The number of rotatable bonds is 4. The number of ether oxygens (including phenoxy) is 1. The highest BCUT2D eigenvalue weighted by molar-refractivity contribution is 5.85. The van der Waals surface area contributed by atoms with Crippen molar-refractivity contribution in [3.63, 3.8) is 0 Å². The highest BCUT2D eigenvalue weighted by atomic mass is 16.5. The number of hydrazine groups is 1. The van der Waals surface area contributed by atoms with E-state index >= 15 is 0 Å². The third kappa shape index (κ3) is 3.14. The maximum atomic E-state index is 12.1. The molecule has 1 amide bonds. The highest BCUT2D eigenvalue weighted by Gasteiger charge is 2.30. The molecule has 0 radical (unpaired) electrons. The minimum absolute atomic E-state index is 0.0641. The van der Waals surface area contributed by atoms with Crippen molar-refractivity contribution in [2.45, 2.75) is 19.9 Å². The summed E-state index contributed by atoms with van der Waals surface area (Å²) in [5.74, 6) is 6.30. The van der Waals surface area contributed by atoms with E-state index in [1.165, 1.54) is 0 Å². The standard InChI is InChI=1S/C12H20N6O2/c1-3-14-11(19)9-7-20-5-4-18(9)10-6-8(2)15-12(16-10)17-13/h6,9H,3-5,7,13H2,1-2H3,(H,14,19)(H,15,16,17). The van der Waals surface area contributed by atoms with Crippen LogP contribution in [-0.4, -0.2) is 48.2 Å². The van der Waals surface area contributed by atoms with Crippen LogP contribution in [0.4, 0.5) is 11.8 Å². The van der Waals surface area contributed by atoms with E-state index in [4.69, 9.17) is 10.6 Å². The van der Waals surface area contributed by atoms with E-state index in [1.54, 1.807) is 0 Å². The molecule has 2 rings (SSSR count). The molecule has 0 spiro atoms. The number of likely N-dealkylation sites (N-methyl/N-ethyl adjacent to an activating group) is 1. The first-order chi connectivity index (χ1) is 9.65. The molecule has 8 heteroatoms. The second-order valence-corrected chi connectivity index (χ2v) is 4.51. The van der Waals surface area contributed by atoms with Crippen LogP contribution in [0.25, 0.3) is 0 Å². The van der Waals surface area contributed by atoms with Gasteiger partial charge in [0.25, 0.3) is 0 Å². The lowest BCUT2D eigenvalue weighted by Crippen LogP contribution is -2.54. The maximum Gasteiger partial charge on any atom is 0.245 e. The number of aryl methyl sites for hydroxylation is 1. The Morgan fingerprint density at radius 3 is 3.10 bits per heavy atom. The van der Waals surface area contributed by atoms with E-state index in [0.29, 0.717) is 38.1 Å². The van der Waals surface area contributed by atoms with Crippen molar-refractivity contribution < 1.29 is 9.53 Å². The van der Waals surface area contributed by atoms with Gasteiger partial charge < -0.3 is 15.0 Å². The van der Waals surface area contributed by atoms with Crippen LogP contribution in [0.3, 0.4) is 0 Å². The minimum atomic E-state index is -0.386. The molecule has 1 atom stereocenters. The molecule has 8 nitrogen and oxygen atoms in total. The summed E-state index contributed by atoms with van der Waals surface area (Å²) in [7, 11) is 0. The minimum Gasteiger partial charge on any atom is -0.377 e. The zero-order valence-electron chi connectivity index (χ0n) is 11.7. The lowest BCUT2D eigenvalue weighted by atomic mass is 10.2. The fourth-order valence-corrected chi connectivity index (χ4v) is 2.15. The molecule has 0 saturated carbocycles. The summed E-state index contributed by atoms with van der Waals surface area (Å²) in [6, 6.07) is 1.45. The Balaban J connectivity index is 2.27. The Bertz CT molecular complexity index is 481. The van der Waals surface area contributed by atoms with Gasteiger partial charge in [-0.25, -0.2) is 10.8 Å².